The molecule has 0 bridgehead atoms. The third kappa shape index (κ3) is 4.60. The van der Waals surface area contributed by atoms with Crippen molar-refractivity contribution in [3.05, 3.63) is 35.1 Å². The van der Waals surface area contributed by atoms with Gasteiger partial charge in [0.25, 0.3) is 0 Å². The van der Waals surface area contributed by atoms with E-state index < -0.39 is 0 Å². The monoisotopic (exact) mass is 336 g/mol. The highest BCUT2D eigenvalue weighted by atomic mass is 32.2. The van der Waals surface area contributed by atoms with Crippen molar-refractivity contribution in [1.29, 1.82) is 0 Å². The van der Waals surface area contributed by atoms with Crippen molar-refractivity contribution >= 4 is 29.1 Å². The minimum Gasteiger partial charge on any atom is -0.379 e. The van der Waals surface area contributed by atoms with Crippen LogP contribution in [-0.4, -0.2) is 54.2 Å². The molecule has 0 aromatic heterocycles. The van der Waals surface area contributed by atoms with Crippen molar-refractivity contribution in [2.24, 2.45) is 10.2 Å². The molecule has 122 valence electrons. The van der Waals surface area contributed by atoms with Crippen LogP contribution in [0.1, 0.15) is 11.1 Å². The molecule has 3 rings (SSSR count). The normalized spacial score (nSPS) is 21.3. The van der Waals surface area contributed by atoms with Crippen LogP contribution in [0.15, 0.2) is 28.4 Å². The molecule has 23 heavy (non-hydrogen) atoms. The maximum Gasteiger partial charge on any atom is 0.236 e. The number of carbonyl (C=O) groups is 1. The van der Waals surface area contributed by atoms with Gasteiger partial charge in [0.05, 0.1) is 25.2 Å². The van der Waals surface area contributed by atoms with E-state index in [0.717, 1.165) is 13.1 Å². The summed E-state index contributed by atoms with van der Waals surface area (Å²) in [5.74, 6) is 0.0262. The van der Waals surface area contributed by atoms with E-state index in [9.17, 15) is 9.18 Å². The van der Waals surface area contributed by atoms with E-state index in [2.05, 4.69) is 20.4 Å². The summed E-state index contributed by atoms with van der Waals surface area (Å²) in [5, 5.41) is 10.8. The SMILES string of the molecule is O=C1CSC(=NN=Cc2ccc(CN3CCOCC3)c(F)c2)N1. The van der Waals surface area contributed by atoms with E-state index in [1.54, 1.807) is 6.07 Å². The lowest BCUT2D eigenvalue weighted by Gasteiger charge is -2.26. The fourth-order valence-electron chi connectivity index (χ4n) is 2.30. The second-order valence-electron chi connectivity index (χ2n) is 5.23. The van der Waals surface area contributed by atoms with Crippen LogP contribution in [0, 0.1) is 5.82 Å². The van der Waals surface area contributed by atoms with E-state index in [0.29, 0.717) is 41.8 Å². The number of benzene rings is 1. The molecule has 0 saturated carbocycles. The molecule has 0 aliphatic carbocycles. The lowest BCUT2D eigenvalue weighted by atomic mass is 10.1. The summed E-state index contributed by atoms with van der Waals surface area (Å²) >= 11 is 1.30. The number of amides is 1. The van der Waals surface area contributed by atoms with Crippen molar-refractivity contribution in [2.75, 3.05) is 32.1 Å². The standard InChI is InChI=1S/C15H17FN4O2S/c16-13-7-11(8-17-19-15-18-14(21)10-23-15)1-2-12(13)9-20-3-5-22-6-4-20/h1-2,7-8H,3-6,9-10H2,(H,18,19,21). The lowest BCUT2D eigenvalue weighted by molar-refractivity contribution is -0.116. The molecule has 0 unspecified atom stereocenters. The molecule has 0 spiro atoms. The first kappa shape index (κ1) is 16.1. The van der Waals surface area contributed by atoms with E-state index in [4.69, 9.17) is 4.74 Å². The summed E-state index contributed by atoms with van der Waals surface area (Å²) in [6.07, 6.45) is 1.47. The van der Waals surface area contributed by atoms with Crippen LogP contribution in [0.2, 0.25) is 0 Å². The predicted octanol–water partition coefficient (Wildman–Crippen LogP) is 1.21. The summed E-state index contributed by atoms with van der Waals surface area (Å²) in [7, 11) is 0. The summed E-state index contributed by atoms with van der Waals surface area (Å²) in [4.78, 5) is 13.2. The lowest BCUT2D eigenvalue weighted by Crippen LogP contribution is -2.35. The summed E-state index contributed by atoms with van der Waals surface area (Å²) < 4.78 is 19.5. The average molecular weight is 336 g/mol. The summed E-state index contributed by atoms with van der Waals surface area (Å²) in [6.45, 7) is 3.62. The highest BCUT2D eigenvalue weighted by molar-refractivity contribution is 8.15. The molecule has 1 aromatic rings. The first-order valence-electron chi connectivity index (χ1n) is 7.33. The van der Waals surface area contributed by atoms with Gasteiger partial charge in [-0.15, -0.1) is 5.10 Å². The second kappa shape index (κ2) is 7.67. The van der Waals surface area contributed by atoms with Crippen molar-refractivity contribution in [2.45, 2.75) is 6.54 Å². The van der Waals surface area contributed by atoms with Crippen molar-refractivity contribution in [1.82, 2.24) is 10.2 Å². The Hall–Kier alpha value is -1.77. The Morgan fingerprint density at radius 3 is 2.91 bits per heavy atom. The first-order chi connectivity index (χ1) is 11.2. The Balaban J connectivity index is 1.61. The smallest absolute Gasteiger partial charge is 0.236 e. The highest BCUT2D eigenvalue weighted by Crippen LogP contribution is 2.13. The molecule has 2 fully saturated rings. The minimum absolute atomic E-state index is 0.0811. The fraction of sp³-hybridized carbons (Fsp3) is 0.400. The van der Waals surface area contributed by atoms with Crippen LogP contribution in [0.5, 0.6) is 0 Å². The molecular weight excluding hydrogens is 319 g/mol. The molecule has 8 heteroatoms. The van der Waals surface area contributed by atoms with E-state index in [-0.39, 0.29) is 11.7 Å². The number of nitrogens with zero attached hydrogens (tertiary/aromatic N) is 3. The van der Waals surface area contributed by atoms with Gasteiger partial charge in [0, 0.05) is 25.2 Å². The number of rotatable bonds is 4. The quantitative estimate of drug-likeness (QED) is 0.663. The molecule has 0 radical (unpaired) electrons. The number of morpholine rings is 1. The Morgan fingerprint density at radius 2 is 2.22 bits per heavy atom. The molecule has 1 amide bonds. The molecule has 1 N–H and O–H groups in total. The summed E-state index contributed by atoms with van der Waals surface area (Å²) in [6, 6.07) is 5.02. The summed E-state index contributed by atoms with van der Waals surface area (Å²) in [5.41, 5.74) is 1.29. The number of amidine groups is 1. The molecule has 1 aromatic carbocycles. The van der Waals surface area contributed by atoms with Crippen LogP contribution >= 0.6 is 11.8 Å². The molecular formula is C15H17FN4O2S. The van der Waals surface area contributed by atoms with Crippen LogP contribution in [0.3, 0.4) is 0 Å². The molecule has 2 aliphatic rings. The van der Waals surface area contributed by atoms with Crippen molar-refractivity contribution < 1.29 is 13.9 Å². The van der Waals surface area contributed by atoms with E-state index >= 15 is 0 Å². The van der Waals surface area contributed by atoms with Gasteiger partial charge in [-0.2, -0.15) is 5.10 Å². The van der Waals surface area contributed by atoms with Crippen LogP contribution < -0.4 is 5.32 Å². The zero-order valence-corrected chi connectivity index (χ0v) is 13.3. The maximum atomic E-state index is 14.2. The van der Waals surface area contributed by atoms with Gasteiger partial charge in [-0.1, -0.05) is 23.9 Å². The van der Waals surface area contributed by atoms with Crippen LogP contribution in [0.25, 0.3) is 0 Å². The third-order valence-corrected chi connectivity index (χ3v) is 4.38. The number of hydrogen-bond donors (Lipinski definition) is 1. The van der Waals surface area contributed by atoms with E-state index in [1.807, 2.05) is 6.07 Å². The molecule has 6 nitrogen and oxygen atoms in total. The predicted molar refractivity (Wildman–Crippen MR) is 88.1 cm³/mol. The van der Waals surface area contributed by atoms with E-state index in [1.165, 1.54) is 24.0 Å². The zero-order valence-electron chi connectivity index (χ0n) is 12.5. The minimum atomic E-state index is -0.253. The second-order valence-corrected chi connectivity index (χ2v) is 6.19. The number of carbonyl (C=O) groups excluding carboxylic acids is 1. The topological polar surface area (TPSA) is 66.3 Å². The maximum absolute atomic E-state index is 14.2. The Kier molecular flexibility index (Phi) is 5.37. The molecule has 0 atom stereocenters. The van der Waals surface area contributed by atoms with Gasteiger partial charge in [-0.3, -0.25) is 9.69 Å². The van der Waals surface area contributed by atoms with Crippen molar-refractivity contribution in [3.8, 4) is 0 Å². The Bertz CT molecular complexity index is 644. The van der Waals surface area contributed by atoms with Gasteiger partial charge in [0.2, 0.25) is 5.91 Å². The van der Waals surface area contributed by atoms with Gasteiger partial charge in [-0.25, -0.2) is 4.39 Å². The highest BCUT2D eigenvalue weighted by Gasteiger charge is 2.16. The fourth-order valence-corrected chi connectivity index (χ4v) is 2.93. The number of nitrogens with one attached hydrogen (secondary N) is 1. The van der Waals surface area contributed by atoms with Gasteiger partial charge >= 0.3 is 0 Å². The number of thioether (sulfide) groups is 1. The van der Waals surface area contributed by atoms with Gasteiger partial charge in [0.1, 0.15) is 5.82 Å². The van der Waals surface area contributed by atoms with Gasteiger partial charge < -0.3 is 10.1 Å². The number of halogens is 1. The van der Waals surface area contributed by atoms with Crippen LogP contribution in [0.4, 0.5) is 4.39 Å². The largest absolute Gasteiger partial charge is 0.379 e. The number of hydrogen-bond acceptors (Lipinski definition) is 6. The van der Waals surface area contributed by atoms with Gasteiger partial charge in [0.15, 0.2) is 5.17 Å². The van der Waals surface area contributed by atoms with Gasteiger partial charge in [-0.05, 0) is 11.6 Å². The van der Waals surface area contributed by atoms with Crippen LogP contribution in [-0.2, 0) is 16.1 Å². The molecule has 2 saturated heterocycles. The molecule has 2 heterocycles. The average Bonchev–Trinajstić information content (AvgIpc) is 2.96. The van der Waals surface area contributed by atoms with Crippen molar-refractivity contribution in [3.63, 3.8) is 0 Å². The third-order valence-electron chi connectivity index (χ3n) is 3.52. The molecule has 2 aliphatic heterocycles. The number of ether oxygens (including phenoxy) is 1. The zero-order chi connectivity index (χ0) is 16.1. The Morgan fingerprint density at radius 1 is 1.39 bits per heavy atom. The Labute approximate surface area is 137 Å². The first-order valence-corrected chi connectivity index (χ1v) is 8.31.